The van der Waals surface area contributed by atoms with Crippen molar-refractivity contribution >= 4 is 16.7 Å². The van der Waals surface area contributed by atoms with Crippen LogP contribution in [0.15, 0.2) is 73.2 Å². The minimum absolute atomic E-state index is 0.244. The Labute approximate surface area is 150 Å². The Morgan fingerprint density at radius 2 is 1.81 bits per heavy atom. The van der Waals surface area contributed by atoms with Crippen LogP contribution in [0.3, 0.4) is 0 Å². The van der Waals surface area contributed by atoms with Crippen molar-refractivity contribution in [2.45, 2.75) is 13.1 Å². The summed E-state index contributed by atoms with van der Waals surface area (Å²) in [5.74, 6) is -0.244. The van der Waals surface area contributed by atoms with Crippen molar-refractivity contribution in [1.82, 2.24) is 25.3 Å². The molecule has 0 aliphatic rings. The Bertz CT molecular complexity index is 1040. The molecular formula is C20H17N5O. The lowest BCUT2D eigenvalue weighted by atomic mass is 10.0. The number of hydrogen-bond donors (Lipinski definition) is 1. The van der Waals surface area contributed by atoms with Crippen LogP contribution in [0.1, 0.15) is 21.6 Å². The molecule has 6 nitrogen and oxygen atoms in total. The third kappa shape index (κ3) is 3.44. The van der Waals surface area contributed by atoms with Gasteiger partial charge in [-0.15, -0.1) is 5.10 Å². The number of pyridine rings is 1. The van der Waals surface area contributed by atoms with Crippen molar-refractivity contribution < 1.29 is 4.79 Å². The van der Waals surface area contributed by atoms with Crippen LogP contribution in [0.2, 0.25) is 0 Å². The second-order valence-electron chi connectivity index (χ2n) is 5.98. The van der Waals surface area contributed by atoms with Gasteiger partial charge in [-0.3, -0.25) is 9.78 Å². The van der Waals surface area contributed by atoms with E-state index in [9.17, 15) is 4.79 Å². The highest BCUT2D eigenvalue weighted by molar-refractivity contribution is 5.91. The lowest BCUT2D eigenvalue weighted by Crippen LogP contribution is -2.23. The van der Waals surface area contributed by atoms with Crippen molar-refractivity contribution in [3.8, 4) is 0 Å². The zero-order valence-corrected chi connectivity index (χ0v) is 14.0. The fourth-order valence-electron chi connectivity index (χ4n) is 2.86. The molecule has 0 radical (unpaired) electrons. The smallest absolute Gasteiger partial charge is 0.273 e. The topological polar surface area (TPSA) is 72.7 Å². The van der Waals surface area contributed by atoms with E-state index < -0.39 is 0 Å². The van der Waals surface area contributed by atoms with Crippen molar-refractivity contribution in [3.63, 3.8) is 0 Å². The quantitative estimate of drug-likeness (QED) is 0.605. The van der Waals surface area contributed by atoms with E-state index in [1.165, 1.54) is 10.8 Å². The maximum atomic E-state index is 12.3. The molecular weight excluding hydrogens is 326 g/mol. The Morgan fingerprint density at radius 1 is 1.00 bits per heavy atom. The summed E-state index contributed by atoms with van der Waals surface area (Å²) in [6, 6.07) is 18.1. The molecule has 0 spiro atoms. The normalized spacial score (nSPS) is 10.8. The van der Waals surface area contributed by atoms with Gasteiger partial charge in [0.2, 0.25) is 0 Å². The molecule has 0 unspecified atom stereocenters. The molecule has 0 saturated heterocycles. The lowest BCUT2D eigenvalue weighted by molar-refractivity contribution is 0.0946. The van der Waals surface area contributed by atoms with E-state index in [-0.39, 0.29) is 5.91 Å². The zero-order valence-electron chi connectivity index (χ0n) is 14.0. The number of benzene rings is 2. The van der Waals surface area contributed by atoms with Gasteiger partial charge in [-0.1, -0.05) is 47.7 Å². The SMILES string of the molecule is O=C(NCc1ccncc1)c1cn(Cc2cccc3ccccc23)nn1. The van der Waals surface area contributed by atoms with Gasteiger partial charge in [-0.05, 0) is 34.0 Å². The van der Waals surface area contributed by atoms with E-state index in [1.54, 1.807) is 23.3 Å². The van der Waals surface area contributed by atoms with Gasteiger partial charge in [-0.2, -0.15) is 0 Å². The first-order valence-electron chi connectivity index (χ1n) is 8.33. The van der Waals surface area contributed by atoms with Gasteiger partial charge >= 0.3 is 0 Å². The fourth-order valence-corrected chi connectivity index (χ4v) is 2.86. The third-order valence-electron chi connectivity index (χ3n) is 4.19. The van der Waals surface area contributed by atoms with E-state index in [0.29, 0.717) is 18.8 Å². The highest BCUT2D eigenvalue weighted by Crippen LogP contribution is 2.19. The summed E-state index contributed by atoms with van der Waals surface area (Å²) in [5.41, 5.74) is 2.42. The molecule has 0 fully saturated rings. The first-order chi connectivity index (χ1) is 12.8. The minimum atomic E-state index is -0.244. The first kappa shape index (κ1) is 16.0. The van der Waals surface area contributed by atoms with E-state index in [4.69, 9.17) is 0 Å². The molecule has 0 atom stereocenters. The van der Waals surface area contributed by atoms with Crippen molar-refractivity contribution in [1.29, 1.82) is 0 Å². The van der Waals surface area contributed by atoms with E-state index in [2.05, 4.69) is 44.9 Å². The van der Waals surface area contributed by atoms with Crippen LogP contribution < -0.4 is 5.32 Å². The van der Waals surface area contributed by atoms with Crippen LogP contribution in [0.25, 0.3) is 10.8 Å². The molecule has 1 amide bonds. The molecule has 2 aromatic carbocycles. The molecule has 26 heavy (non-hydrogen) atoms. The predicted octanol–water partition coefficient (Wildman–Crippen LogP) is 2.80. The van der Waals surface area contributed by atoms with Gasteiger partial charge in [0, 0.05) is 18.9 Å². The number of nitrogens with one attached hydrogen (secondary N) is 1. The summed E-state index contributed by atoms with van der Waals surface area (Å²) in [4.78, 5) is 16.2. The molecule has 2 aromatic heterocycles. The van der Waals surface area contributed by atoms with Gasteiger partial charge in [0.25, 0.3) is 5.91 Å². The number of aromatic nitrogens is 4. The highest BCUT2D eigenvalue weighted by Gasteiger charge is 2.11. The van der Waals surface area contributed by atoms with Crippen LogP contribution in [0.5, 0.6) is 0 Å². The summed E-state index contributed by atoms with van der Waals surface area (Å²) in [5, 5.41) is 13.3. The fraction of sp³-hybridized carbons (Fsp3) is 0.100. The Kier molecular flexibility index (Phi) is 4.38. The number of nitrogens with zero attached hydrogens (tertiary/aromatic N) is 4. The number of carbonyl (C=O) groups is 1. The van der Waals surface area contributed by atoms with Crippen LogP contribution in [-0.2, 0) is 13.1 Å². The third-order valence-corrected chi connectivity index (χ3v) is 4.19. The molecule has 0 aliphatic carbocycles. The van der Waals surface area contributed by atoms with E-state index in [1.807, 2.05) is 30.3 Å². The number of carbonyl (C=O) groups excluding carboxylic acids is 1. The molecule has 6 heteroatoms. The zero-order chi connectivity index (χ0) is 17.8. The monoisotopic (exact) mass is 343 g/mol. The highest BCUT2D eigenvalue weighted by atomic mass is 16.2. The summed E-state index contributed by atoms with van der Waals surface area (Å²) in [6.07, 6.45) is 5.06. The van der Waals surface area contributed by atoms with Gasteiger partial charge in [0.1, 0.15) is 0 Å². The van der Waals surface area contributed by atoms with Crippen LogP contribution >= 0.6 is 0 Å². The largest absolute Gasteiger partial charge is 0.347 e. The summed E-state index contributed by atoms with van der Waals surface area (Å²) in [6.45, 7) is 0.990. The van der Waals surface area contributed by atoms with Crippen molar-refractivity contribution in [2.24, 2.45) is 0 Å². The molecule has 4 rings (SSSR count). The van der Waals surface area contributed by atoms with Crippen LogP contribution in [-0.4, -0.2) is 25.9 Å². The Morgan fingerprint density at radius 3 is 2.69 bits per heavy atom. The molecule has 0 bridgehead atoms. The van der Waals surface area contributed by atoms with E-state index >= 15 is 0 Å². The number of hydrogen-bond acceptors (Lipinski definition) is 4. The molecule has 1 N–H and O–H groups in total. The van der Waals surface area contributed by atoms with Crippen LogP contribution in [0.4, 0.5) is 0 Å². The first-order valence-corrected chi connectivity index (χ1v) is 8.33. The average molecular weight is 343 g/mol. The molecule has 0 aliphatic heterocycles. The number of fused-ring (bicyclic) bond motifs is 1. The summed E-state index contributed by atoms with van der Waals surface area (Å²) >= 11 is 0. The maximum Gasteiger partial charge on any atom is 0.273 e. The van der Waals surface area contributed by atoms with Gasteiger partial charge in [0.05, 0.1) is 12.7 Å². The average Bonchev–Trinajstić information content (AvgIpc) is 3.16. The Hall–Kier alpha value is -3.54. The van der Waals surface area contributed by atoms with Crippen LogP contribution in [0, 0.1) is 0 Å². The number of amides is 1. The molecule has 4 aromatic rings. The second-order valence-corrected chi connectivity index (χ2v) is 5.98. The van der Waals surface area contributed by atoms with Gasteiger partial charge < -0.3 is 5.32 Å². The number of rotatable bonds is 5. The predicted molar refractivity (Wildman–Crippen MR) is 98.5 cm³/mol. The maximum absolute atomic E-state index is 12.3. The molecule has 2 heterocycles. The molecule has 0 saturated carbocycles. The van der Waals surface area contributed by atoms with Crippen molar-refractivity contribution in [2.75, 3.05) is 0 Å². The summed E-state index contributed by atoms with van der Waals surface area (Å²) < 4.78 is 1.68. The van der Waals surface area contributed by atoms with Gasteiger partial charge in [-0.25, -0.2) is 4.68 Å². The minimum Gasteiger partial charge on any atom is -0.347 e. The lowest BCUT2D eigenvalue weighted by Gasteiger charge is -2.06. The standard InChI is InChI=1S/C20H17N5O/c26-20(22-12-15-8-10-21-11-9-15)19-14-25(24-23-19)13-17-6-3-5-16-4-1-2-7-18(16)17/h1-11,14H,12-13H2,(H,22,26). The van der Waals surface area contributed by atoms with E-state index in [0.717, 1.165) is 11.1 Å². The summed E-state index contributed by atoms with van der Waals surface area (Å²) in [7, 11) is 0. The second kappa shape index (κ2) is 7.14. The van der Waals surface area contributed by atoms with Crippen molar-refractivity contribution in [3.05, 3.63) is 90.0 Å². The van der Waals surface area contributed by atoms with Gasteiger partial charge in [0.15, 0.2) is 5.69 Å². The molecule has 128 valence electrons. The Balaban J connectivity index is 1.46.